The smallest absolute Gasteiger partial charge is 0.421 e. The van der Waals surface area contributed by atoms with E-state index in [0.717, 1.165) is 0 Å². The summed E-state index contributed by atoms with van der Waals surface area (Å²) in [6.07, 6.45) is -0.525. The lowest BCUT2D eigenvalue weighted by Gasteiger charge is -2.11. The standard InChI is InChI=1S/C7H15NO4S/c1-4-6(3)12-7(9)8-13(10,11)5-2/h6H,4-5H2,1-3H3,(H,8,9). The maximum atomic E-state index is 10.9. The largest absolute Gasteiger partial charge is 0.446 e. The molecule has 6 heteroatoms. The highest BCUT2D eigenvalue weighted by atomic mass is 32.2. The molecule has 0 aliphatic rings. The van der Waals surface area contributed by atoms with E-state index in [2.05, 4.69) is 0 Å². The Hall–Kier alpha value is -0.780. The van der Waals surface area contributed by atoms with Crippen molar-refractivity contribution < 1.29 is 17.9 Å². The molecule has 0 radical (unpaired) electrons. The highest BCUT2D eigenvalue weighted by Gasteiger charge is 2.14. The molecular formula is C7H15NO4S. The number of ether oxygens (including phenoxy) is 1. The van der Waals surface area contributed by atoms with Gasteiger partial charge < -0.3 is 4.74 Å². The molecule has 0 aromatic heterocycles. The van der Waals surface area contributed by atoms with E-state index in [4.69, 9.17) is 4.74 Å². The number of sulfonamides is 1. The van der Waals surface area contributed by atoms with E-state index in [1.807, 2.05) is 6.92 Å². The summed E-state index contributed by atoms with van der Waals surface area (Å²) < 4.78 is 28.2. The quantitative estimate of drug-likeness (QED) is 0.745. The summed E-state index contributed by atoms with van der Waals surface area (Å²) in [7, 11) is -3.50. The third kappa shape index (κ3) is 5.46. The average Bonchev–Trinajstić information content (AvgIpc) is 2.03. The molecule has 78 valence electrons. The van der Waals surface area contributed by atoms with Crippen LogP contribution in [0.4, 0.5) is 4.79 Å². The van der Waals surface area contributed by atoms with Crippen molar-refractivity contribution in [2.24, 2.45) is 0 Å². The molecule has 0 heterocycles. The summed E-state index contributed by atoms with van der Waals surface area (Å²) in [5.41, 5.74) is 0. The van der Waals surface area contributed by atoms with Crippen molar-refractivity contribution >= 4 is 16.1 Å². The van der Waals surface area contributed by atoms with Crippen LogP contribution in [-0.2, 0) is 14.8 Å². The van der Waals surface area contributed by atoms with E-state index in [-0.39, 0.29) is 11.9 Å². The summed E-state index contributed by atoms with van der Waals surface area (Å²) in [5, 5.41) is 0. The van der Waals surface area contributed by atoms with Gasteiger partial charge in [0, 0.05) is 0 Å². The van der Waals surface area contributed by atoms with Crippen molar-refractivity contribution in [3.8, 4) is 0 Å². The van der Waals surface area contributed by atoms with Gasteiger partial charge in [-0.2, -0.15) is 0 Å². The minimum absolute atomic E-state index is 0.136. The zero-order chi connectivity index (χ0) is 10.5. The second-order valence-electron chi connectivity index (χ2n) is 2.63. The molecule has 0 fully saturated rings. The van der Waals surface area contributed by atoms with Crippen molar-refractivity contribution in [1.29, 1.82) is 0 Å². The molecular weight excluding hydrogens is 194 g/mol. The minimum atomic E-state index is -3.50. The van der Waals surface area contributed by atoms with Crippen molar-refractivity contribution in [1.82, 2.24) is 4.72 Å². The first-order chi connectivity index (χ1) is 5.91. The third-order valence-electron chi connectivity index (χ3n) is 1.50. The van der Waals surface area contributed by atoms with Gasteiger partial charge in [-0.3, -0.25) is 0 Å². The van der Waals surface area contributed by atoms with E-state index in [9.17, 15) is 13.2 Å². The van der Waals surface area contributed by atoms with Crippen molar-refractivity contribution in [3.05, 3.63) is 0 Å². The number of nitrogens with one attached hydrogen (secondary N) is 1. The van der Waals surface area contributed by atoms with Gasteiger partial charge in [-0.15, -0.1) is 0 Å². The summed E-state index contributed by atoms with van der Waals surface area (Å²) in [5.74, 6) is -0.136. The fraction of sp³-hybridized carbons (Fsp3) is 0.857. The van der Waals surface area contributed by atoms with E-state index in [0.29, 0.717) is 6.42 Å². The number of amides is 1. The van der Waals surface area contributed by atoms with Crippen LogP contribution in [0.25, 0.3) is 0 Å². The number of carbonyl (C=O) groups is 1. The summed E-state index contributed by atoms with van der Waals surface area (Å²) in [6.45, 7) is 4.98. The normalized spacial score (nSPS) is 13.5. The van der Waals surface area contributed by atoms with Crippen LogP contribution in [-0.4, -0.2) is 26.4 Å². The molecule has 0 rings (SSSR count). The zero-order valence-corrected chi connectivity index (χ0v) is 8.85. The zero-order valence-electron chi connectivity index (χ0n) is 8.03. The second-order valence-corrected chi connectivity index (χ2v) is 4.64. The SMILES string of the molecule is CCC(C)OC(=O)NS(=O)(=O)CC. The summed E-state index contributed by atoms with van der Waals surface area (Å²) >= 11 is 0. The lowest BCUT2D eigenvalue weighted by Crippen LogP contribution is -2.34. The van der Waals surface area contributed by atoms with Crippen LogP contribution in [0.1, 0.15) is 27.2 Å². The second kappa shape index (κ2) is 5.06. The first-order valence-electron chi connectivity index (χ1n) is 4.12. The van der Waals surface area contributed by atoms with Gasteiger partial charge >= 0.3 is 6.09 Å². The number of hydrogen-bond donors (Lipinski definition) is 1. The lowest BCUT2D eigenvalue weighted by atomic mass is 10.3. The van der Waals surface area contributed by atoms with E-state index in [1.54, 1.807) is 11.6 Å². The maximum Gasteiger partial charge on any atom is 0.421 e. The van der Waals surface area contributed by atoms with Crippen LogP contribution in [0.2, 0.25) is 0 Å². The summed E-state index contributed by atoms with van der Waals surface area (Å²) in [4.78, 5) is 10.9. The van der Waals surface area contributed by atoms with Gasteiger partial charge in [-0.1, -0.05) is 6.92 Å². The fourth-order valence-electron chi connectivity index (χ4n) is 0.489. The van der Waals surface area contributed by atoms with Crippen LogP contribution in [0.5, 0.6) is 0 Å². The average molecular weight is 209 g/mol. The molecule has 0 saturated heterocycles. The molecule has 13 heavy (non-hydrogen) atoms. The van der Waals surface area contributed by atoms with Crippen LogP contribution in [0.3, 0.4) is 0 Å². The van der Waals surface area contributed by atoms with E-state index >= 15 is 0 Å². The number of hydrogen-bond acceptors (Lipinski definition) is 4. The molecule has 5 nitrogen and oxygen atoms in total. The van der Waals surface area contributed by atoms with E-state index < -0.39 is 16.1 Å². The van der Waals surface area contributed by atoms with Gasteiger partial charge in [0.1, 0.15) is 6.10 Å². The van der Waals surface area contributed by atoms with Gasteiger partial charge in [0.25, 0.3) is 0 Å². The highest BCUT2D eigenvalue weighted by Crippen LogP contribution is 1.96. The number of rotatable bonds is 4. The predicted molar refractivity (Wildman–Crippen MR) is 48.8 cm³/mol. The van der Waals surface area contributed by atoms with Crippen LogP contribution in [0, 0.1) is 0 Å². The van der Waals surface area contributed by atoms with Crippen LogP contribution in [0.15, 0.2) is 0 Å². The fourth-order valence-corrected chi connectivity index (χ4v) is 0.936. The topological polar surface area (TPSA) is 72.5 Å². The van der Waals surface area contributed by atoms with Crippen molar-refractivity contribution in [2.45, 2.75) is 33.3 Å². The maximum absolute atomic E-state index is 10.9. The Morgan fingerprint density at radius 3 is 2.38 bits per heavy atom. The Bertz CT molecular complexity index is 260. The van der Waals surface area contributed by atoms with Gasteiger partial charge in [-0.05, 0) is 20.3 Å². The molecule has 0 aromatic carbocycles. The van der Waals surface area contributed by atoms with Crippen LogP contribution < -0.4 is 4.72 Å². The molecule has 0 spiro atoms. The third-order valence-corrected chi connectivity index (χ3v) is 2.74. The Labute approximate surface area is 78.5 Å². The van der Waals surface area contributed by atoms with E-state index in [1.165, 1.54) is 6.92 Å². The Morgan fingerprint density at radius 2 is 2.00 bits per heavy atom. The van der Waals surface area contributed by atoms with Crippen LogP contribution >= 0.6 is 0 Å². The minimum Gasteiger partial charge on any atom is -0.446 e. The van der Waals surface area contributed by atoms with Gasteiger partial charge in [0.15, 0.2) is 0 Å². The molecule has 1 atom stereocenters. The molecule has 1 unspecified atom stereocenters. The number of carbonyl (C=O) groups excluding carboxylic acids is 1. The Kier molecular flexibility index (Phi) is 4.76. The molecule has 0 aromatic rings. The van der Waals surface area contributed by atoms with Gasteiger partial charge in [-0.25, -0.2) is 17.9 Å². The lowest BCUT2D eigenvalue weighted by molar-refractivity contribution is 0.110. The Balaban J connectivity index is 4.03. The molecule has 0 aliphatic heterocycles. The first-order valence-corrected chi connectivity index (χ1v) is 5.77. The predicted octanol–water partition coefficient (Wildman–Crippen LogP) is 0.861. The molecule has 0 aliphatic carbocycles. The molecule has 0 saturated carbocycles. The summed E-state index contributed by atoms with van der Waals surface area (Å²) in [6, 6.07) is 0. The van der Waals surface area contributed by atoms with Gasteiger partial charge in [0.05, 0.1) is 5.75 Å². The van der Waals surface area contributed by atoms with Crippen molar-refractivity contribution in [3.63, 3.8) is 0 Å². The van der Waals surface area contributed by atoms with Gasteiger partial charge in [0.2, 0.25) is 10.0 Å². The van der Waals surface area contributed by atoms with Crippen molar-refractivity contribution in [2.75, 3.05) is 5.75 Å². The first kappa shape index (κ1) is 12.2. The molecule has 1 amide bonds. The Morgan fingerprint density at radius 1 is 1.46 bits per heavy atom. The molecule has 1 N–H and O–H groups in total. The molecule has 0 bridgehead atoms. The highest BCUT2D eigenvalue weighted by molar-refractivity contribution is 7.89. The monoisotopic (exact) mass is 209 g/mol.